The highest BCUT2D eigenvalue weighted by Gasteiger charge is 2.13. The summed E-state index contributed by atoms with van der Waals surface area (Å²) in [5.74, 6) is 0.627. The molecule has 5 heteroatoms. The van der Waals surface area contributed by atoms with Gasteiger partial charge < -0.3 is 9.47 Å². The summed E-state index contributed by atoms with van der Waals surface area (Å²) in [5, 5.41) is 3.00. The van der Waals surface area contributed by atoms with Gasteiger partial charge in [-0.3, -0.25) is 4.90 Å². The van der Waals surface area contributed by atoms with Crippen molar-refractivity contribution in [3.05, 3.63) is 48.4 Å². The fourth-order valence-electron chi connectivity index (χ4n) is 3.41. The van der Waals surface area contributed by atoms with E-state index in [1.165, 1.54) is 6.07 Å². The fraction of sp³-hybridized carbons (Fsp3) is 0.350. The van der Waals surface area contributed by atoms with Crippen LogP contribution >= 0.6 is 0 Å². The number of rotatable bonds is 4. The van der Waals surface area contributed by atoms with E-state index in [1.54, 1.807) is 6.07 Å². The highest BCUT2D eigenvalue weighted by atomic mass is 19.1. The van der Waals surface area contributed by atoms with Gasteiger partial charge in [-0.05, 0) is 30.3 Å². The van der Waals surface area contributed by atoms with Gasteiger partial charge in [0.1, 0.15) is 25.2 Å². The number of nitrogens with zero attached hydrogens (tertiary/aromatic N) is 2. The van der Waals surface area contributed by atoms with Crippen molar-refractivity contribution >= 4 is 21.7 Å². The van der Waals surface area contributed by atoms with Gasteiger partial charge in [0, 0.05) is 31.1 Å². The summed E-state index contributed by atoms with van der Waals surface area (Å²) in [6, 6.07) is 10.9. The zero-order valence-electron chi connectivity index (χ0n) is 14.4. The molecular formula is C20H22FN2O2+. The molecule has 0 N–H and O–H groups in total. The summed E-state index contributed by atoms with van der Waals surface area (Å²) < 4.78 is 27.0. The molecule has 0 bridgehead atoms. The Balaban J connectivity index is 1.56. The van der Waals surface area contributed by atoms with Gasteiger partial charge in [-0.15, -0.1) is 0 Å². The van der Waals surface area contributed by atoms with Crippen molar-refractivity contribution in [2.75, 3.05) is 39.5 Å². The lowest BCUT2D eigenvalue weighted by molar-refractivity contribution is -0.643. The van der Waals surface area contributed by atoms with Crippen LogP contribution in [0.15, 0.2) is 42.6 Å². The van der Waals surface area contributed by atoms with Crippen LogP contribution in [0.1, 0.15) is 0 Å². The minimum Gasteiger partial charge on any atom is -0.492 e. The number of aromatic nitrogens is 1. The van der Waals surface area contributed by atoms with Crippen LogP contribution in [-0.4, -0.2) is 44.4 Å². The summed E-state index contributed by atoms with van der Waals surface area (Å²) in [4.78, 5) is 2.35. The average Bonchev–Trinajstić information content (AvgIpc) is 2.62. The molecule has 2 heterocycles. The first-order valence-corrected chi connectivity index (χ1v) is 8.65. The predicted molar refractivity (Wildman–Crippen MR) is 95.3 cm³/mol. The number of hydrogen-bond acceptors (Lipinski definition) is 3. The van der Waals surface area contributed by atoms with Gasteiger partial charge in [0.2, 0.25) is 5.52 Å². The van der Waals surface area contributed by atoms with Crippen molar-refractivity contribution in [2.24, 2.45) is 7.05 Å². The first kappa shape index (κ1) is 16.2. The highest BCUT2D eigenvalue weighted by molar-refractivity contribution is 6.04. The normalized spacial score (nSPS) is 15.8. The van der Waals surface area contributed by atoms with E-state index in [4.69, 9.17) is 9.47 Å². The second-order valence-electron chi connectivity index (χ2n) is 6.45. The lowest BCUT2D eigenvalue weighted by Crippen LogP contribution is -2.38. The number of fused-ring (bicyclic) bond motifs is 3. The van der Waals surface area contributed by atoms with Crippen LogP contribution in [0.25, 0.3) is 21.7 Å². The molecule has 0 atom stereocenters. The molecule has 4 nitrogen and oxygen atoms in total. The Labute approximate surface area is 146 Å². The maximum Gasteiger partial charge on any atom is 0.213 e. The molecule has 0 saturated carbocycles. The van der Waals surface area contributed by atoms with Crippen molar-refractivity contribution < 1.29 is 18.4 Å². The number of benzene rings is 2. The van der Waals surface area contributed by atoms with E-state index in [-0.39, 0.29) is 5.82 Å². The summed E-state index contributed by atoms with van der Waals surface area (Å²) in [5.41, 5.74) is 1.01. The van der Waals surface area contributed by atoms with Crippen molar-refractivity contribution in [2.45, 2.75) is 0 Å². The first-order valence-electron chi connectivity index (χ1n) is 8.65. The van der Waals surface area contributed by atoms with Gasteiger partial charge in [0.15, 0.2) is 6.20 Å². The van der Waals surface area contributed by atoms with Crippen LogP contribution in [0.3, 0.4) is 0 Å². The van der Waals surface area contributed by atoms with E-state index in [2.05, 4.69) is 11.1 Å². The zero-order valence-corrected chi connectivity index (χ0v) is 14.4. The highest BCUT2D eigenvalue weighted by Crippen LogP contribution is 2.26. The molecular weight excluding hydrogens is 319 g/mol. The maximum atomic E-state index is 13.7. The molecule has 1 aliphatic rings. The molecule has 130 valence electrons. The van der Waals surface area contributed by atoms with E-state index in [1.807, 2.05) is 35.9 Å². The van der Waals surface area contributed by atoms with E-state index < -0.39 is 0 Å². The number of hydrogen-bond donors (Lipinski definition) is 0. The molecule has 25 heavy (non-hydrogen) atoms. The maximum absolute atomic E-state index is 13.7. The molecule has 0 radical (unpaired) electrons. The second-order valence-corrected chi connectivity index (χ2v) is 6.45. The standard InChI is InChI=1S/C20H22FN2O2/c1-22-14-15-12-17(25-11-8-23-6-9-24-10-7-23)3-4-18(15)19-13-16(21)2-5-20(19)22/h2-5,12-14H,6-11H2,1H3/q+1. The molecule has 3 aromatic rings. The zero-order chi connectivity index (χ0) is 17.2. The SMILES string of the molecule is C[n+]1cc2cc(OCCN3CCOCC3)ccc2c2cc(F)ccc21. The van der Waals surface area contributed by atoms with Crippen molar-refractivity contribution in [1.29, 1.82) is 0 Å². The van der Waals surface area contributed by atoms with E-state index in [9.17, 15) is 4.39 Å². The molecule has 0 unspecified atom stereocenters. The molecule has 2 aromatic carbocycles. The molecule has 1 fully saturated rings. The molecule has 0 amide bonds. The Morgan fingerprint density at radius 1 is 1.12 bits per heavy atom. The molecule has 1 saturated heterocycles. The lowest BCUT2D eigenvalue weighted by atomic mass is 10.1. The number of ether oxygens (including phenoxy) is 2. The first-order chi connectivity index (χ1) is 12.2. The van der Waals surface area contributed by atoms with Crippen molar-refractivity contribution in [3.63, 3.8) is 0 Å². The predicted octanol–water partition coefficient (Wildman–Crippen LogP) is 2.67. The van der Waals surface area contributed by atoms with Gasteiger partial charge in [-0.1, -0.05) is 0 Å². The second kappa shape index (κ2) is 6.94. The van der Waals surface area contributed by atoms with E-state index in [0.717, 1.165) is 60.3 Å². The third kappa shape index (κ3) is 3.43. The molecule has 0 aliphatic carbocycles. The largest absolute Gasteiger partial charge is 0.492 e. The van der Waals surface area contributed by atoms with Crippen LogP contribution in [0.2, 0.25) is 0 Å². The number of pyridine rings is 1. The summed E-state index contributed by atoms with van der Waals surface area (Å²) in [6.07, 6.45) is 2.06. The molecule has 1 aromatic heterocycles. The Bertz CT molecular complexity index is 907. The molecule has 1 aliphatic heterocycles. The Morgan fingerprint density at radius 2 is 1.96 bits per heavy atom. The third-order valence-corrected chi connectivity index (χ3v) is 4.76. The minimum atomic E-state index is -0.217. The number of morpholine rings is 1. The fourth-order valence-corrected chi connectivity index (χ4v) is 3.41. The molecule has 4 rings (SSSR count). The van der Waals surface area contributed by atoms with Crippen LogP contribution < -0.4 is 9.30 Å². The average molecular weight is 341 g/mol. The summed E-state index contributed by atoms with van der Waals surface area (Å²) in [6.45, 7) is 5.09. The van der Waals surface area contributed by atoms with E-state index >= 15 is 0 Å². The smallest absolute Gasteiger partial charge is 0.213 e. The molecule has 0 spiro atoms. The van der Waals surface area contributed by atoms with Crippen LogP contribution in [0, 0.1) is 5.82 Å². The monoisotopic (exact) mass is 341 g/mol. The van der Waals surface area contributed by atoms with Gasteiger partial charge in [0.25, 0.3) is 0 Å². The summed E-state index contributed by atoms with van der Waals surface area (Å²) in [7, 11) is 1.98. The van der Waals surface area contributed by atoms with Gasteiger partial charge in [-0.2, -0.15) is 0 Å². The Kier molecular flexibility index (Phi) is 4.51. The quantitative estimate of drug-likeness (QED) is 0.539. The van der Waals surface area contributed by atoms with Crippen molar-refractivity contribution in [1.82, 2.24) is 4.90 Å². The minimum absolute atomic E-state index is 0.217. The van der Waals surface area contributed by atoms with E-state index in [0.29, 0.717) is 6.61 Å². The van der Waals surface area contributed by atoms with Crippen molar-refractivity contribution in [3.8, 4) is 5.75 Å². The van der Waals surface area contributed by atoms with Gasteiger partial charge in [0.05, 0.1) is 24.0 Å². The Hall–Kier alpha value is -2.24. The summed E-state index contributed by atoms with van der Waals surface area (Å²) >= 11 is 0. The topological polar surface area (TPSA) is 25.6 Å². The third-order valence-electron chi connectivity index (χ3n) is 4.76. The van der Waals surface area contributed by atoms with Gasteiger partial charge in [-0.25, -0.2) is 8.96 Å². The lowest BCUT2D eigenvalue weighted by Gasteiger charge is -2.26. The van der Waals surface area contributed by atoms with Gasteiger partial charge >= 0.3 is 0 Å². The van der Waals surface area contributed by atoms with Crippen LogP contribution in [0.4, 0.5) is 4.39 Å². The Morgan fingerprint density at radius 3 is 2.80 bits per heavy atom. The van der Waals surface area contributed by atoms with Crippen LogP contribution in [-0.2, 0) is 11.8 Å². The number of aryl methyl sites for hydroxylation is 1. The van der Waals surface area contributed by atoms with Crippen LogP contribution in [0.5, 0.6) is 5.75 Å². The number of halogens is 1.